The summed E-state index contributed by atoms with van der Waals surface area (Å²) in [5.74, 6) is -0.391. The van der Waals surface area contributed by atoms with Gasteiger partial charge in [0.05, 0.1) is 17.1 Å². The second-order valence-electron chi connectivity index (χ2n) is 6.72. The molecule has 4 heteroatoms. The molecule has 1 fully saturated rings. The Morgan fingerprint density at radius 3 is 2.48 bits per heavy atom. The molecule has 0 bridgehead atoms. The third kappa shape index (κ3) is 3.58. The van der Waals surface area contributed by atoms with Gasteiger partial charge in [-0.3, -0.25) is 0 Å². The number of carbonyl (C=O) groups is 1. The number of esters is 1. The first-order valence-corrected chi connectivity index (χ1v) is 9.12. The highest BCUT2D eigenvalue weighted by Gasteiger charge is 2.47. The zero-order chi connectivity index (χ0) is 17.9. The van der Waals surface area contributed by atoms with Gasteiger partial charge >= 0.3 is 5.97 Å². The Balaban J connectivity index is 1.88. The van der Waals surface area contributed by atoms with Crippen molar-refractivity contribution in [3.8, 4) is 0 Å². The predicted molar refractivity (Wildman–Crippen MR) is 98.9 cm³/mol. The summed E-state index contributed by atoms with van der Waals surface area (Å²) >= 11 is 5.88. The molecule has 2 aromatic rings. The van der Waals surface area contributed by atoms with Gasteiger partial charge in [-0.25, -0.2) is 4.79 Å². The van der Waals surface area contributed by atoms with E-state index in [-0.39, 0.29) is 0 Å². The van der Waals surface area contributed by atoms with E-state index in [2.05, 4.69) is 0 Å². The molecular formula is C21H23ClO3. The van der Waals surface area contributed by atoms with E-state index < -0.39 is 23.6 Å². The molecule has 0 spiro atoms. The zero-order valence-corrected chi connectivity index (χ0v) is 15.1. The molecule has 25 heavy (non-hydrogen) atoms. The van der Waals surface area contributed by atoms with E-state index >= 15 is 0 Å². The van der Waals surface area contributed by atoms with Crippen molar-refractivity contribution < 1.29 is 14.6 Å². The van der Waals surface area contributed by atoms with Crippen LogP contribution in [-0.4, -0.2) is 23.3 Å². The van der Waals surface area contributed by atoms with Crippen molar-refractivity contribution in [2.75, 3.05) is 0 Å². The van der Waals surface area contributed by atoms with Crippen LogP contribution in [0.1, 0.15) is 48.5 Å². The van der Waals surface area contributed by atoms with Crippen LogP contribution in [0.2, 0.25) is 5.02 Å². The van der Waals surface area contributed by atoms with Crippen LogP contribution in [0.3, 0.4) is 0 Å². The van der Waals surface area contributed by atoms with E-state index in [1.165, 1.54) is 0 Å². The smallest absolute Gasteiger partial charge is 0.338 e. The first-order chi connectivity index (χ1) is 12.0. The number of benzene rings is 2. The lowest BCUT2D eigenvalue weighted by Crippen LogP contribution is -2.51. The van der Waals surface area contributed by atoms with Crippen LogP contribution in [0.15, 0.2) is 54.6 Å². The highest BCUT2D eigenvalue weighted by atomic mass is 35.5. The first kappa shape index (κ1) is 18.0. The van der Waals surface area contributed by atoms with Crippen LogP contribution in [-0.2, 0) is 10.2 Å². The number of carbonyl (C=O) groups excluding carboxylic acids is 1. The lowest BCUT2D eigenvalue weighted by molar-refractivity contribution is -0.0491. The largest absolute Gasteiger partial charge is 0.458 e. The van der Waals surface area contributed by atoms with Crippen molar-refractivity contribution in [3.63, 3.8) is 0 Å². The third-order valence-corrected chi connectivity index (χ3v) is 5.57. The van der Waals surface area contributed by atoms with E-state index in [1.54, 1.807) is 24.3 Å². The molecule has 0 heterocycles. The van der Waals surface area contributed by atoms with Gasteiger partial charge in [0.1, 0.15) is 6.10 Å². The Hall–Kier alpha value is -1.84. The molecule has 3 atom stereocenters. The van der Waals surface area contributed by atoms with E-state index in [4.69, 9.17) is 16.3 Å². The highest BCUT2D eigenvalue weighted by molar-refractivity contribution is 6.30. The summed E-state index contributed by atoms with van der Waals surface area (Å²) in [4.78, 5) is 12.5. The molecule has 1 N–H and O–H groups in total. The van der Waals surface area contributed by atoms with Crippen LogP contribution in [0, 0.1) is 0 Å². The highest BCUT2D eigenvalue weighted by Crippen LogP contribution is 2.43. The maximum Gasteiger partial charge on any atom is 0.338 e. The Labute approximate surface area is 153 Å². The SMILES string of the molecule is C[C@H](OC(=O)c1ccc(Cl)cc1)[C@]1(c2ccccc2)CCCC[C@@H]1O. The van der Waals surface area contributed by atoms with E-state index in [9.17, 15) is 9.90 Å². The van der Waals surface area contributed by atoms with E-state index in [0.29, 0.717) is 10.6 Å². The summed E-state index contributed by atoms with van der Waals surface area (Å²) in [6.45, 7) is 1.88. The van der Waals surface area contributed by atoms with Crippen LogP contribution in [0.4, 0.5) is 0 Å². The summed E-state index contributed by atoms with van der Waals surface area (Å²) in [6.07, 6.45) is 2.55. The minimum absolute atomic E-state index is 0.391. The average molecular weight is 359 g/mol. The number of hydrogen-bond donors (Lipinski definition) is 1. The molecule has 0 unspecified atom stereocenters. The molecule has 3 nitrogen and oxygen atoms in total. The molecule has 0 saturated heterocycles. The molecule has 3 rings (SSSR count). The number of aliphatic hydroxyl groups excluding tert-OH is 1. The second kappa shape index (κ2) is 7.59. The quantitative estimate of drug-likeness (QED) is 0.801. The van der Waals surface area contributed by atoms with Gasteiger partial charge in [-0.05, 0) is 49.6 Å². The van der Waals surface area contributed by atoms with Crippen LogP contribution < -0.4 is 0 Å². The van der Waals surface area contributed by atoms with Crippen molar-refractivity contribution in [1.29, 1.82) is 0 Å². The third-order valence-electron chi connectivity index (χ3n) is 5.31. The van der Waals surface area contributed by atoms with Crippen molar-refractivity contribution in [3.05, 3.63) is 70.7 Å². The van der Waals surface area contributed by atoms with Gasteiger partial charge in [0.15, 0.2) is 0 Å². The van der Waals surface area contributed by atoms with Crippen LogP contribution in [0.25, 0.3) is 0 Å². The van der Waals surface area contributed by atoms with Crippen LogP contribution in [0.5, 0.6) is 0 Å². The fraction of sp³-hybridized carbons (Fsp3) is 0.381. The molecular weight excluding hydrogens is 336 g/mol. The monoisotopic (exact) mass is 358 g/mol. The van der Waals surface area contributed by atoms with Crippen molar-refractivity contribution >= 4 is 17.6 Å². The summed E-state index contributed by atoms with van der Waals surface area (Å²) < 4.78 is 5.80. The number of rotatable bonds is 4. The minimum Gasteiger partial charge on any atom is -0.458 e. The average Bonchev–Trinajstić information content (AvgIpc) is 2.63. The lowest BCUT2D eigenvalue weighted by atomic mass is 9.64. The second-order valence-corrected chi connectivity index (χ2v) is 7.16. The Morgan fingerprint density at radius 1 is 1.16 bits per heavy atom. The predicted octanol–water partition coefficient (Wildman–Crippen LogP) is 4.76. The normalized spacial score (nSPS) is 24.5. The molecule has 1 saturated carbocycles. The van der Waals surface area contributed by atoms with Gasteiger partial charge in [-0.1, -0.05) is 54.8 Å². The molecule has 1 aliphatic rings. The topological polar surface area (TPSA) is 46.5 Å². The molecule has 0 aliphatic heterocycles. The fourth-order valence-corrected chi connectivity index (χ4v) is 4.02. The van der Waals surface area contributed by atoms with Gasteiger partial charge in [0.2, 0.25) is 0 Å². The summed E-state index contributed by atoms with van der Waals surface area (Å²) in [5.41, 5.74) is 0.921. The molecule has 0 amide bonds. The van der Waals surface area contributed by atoms with Gasteiger partial charge in [0, 0.05) is 5.02 Å². The van der Waals surface area contributed by atoms with Crippen molar-refractivity contribution in [1.82, 2.24) is 0 Å². The zero-order valence-electron chi connectivity index (χ0n) is 14.3. The number of aliphatic hydroxyl groups is 1. The number of hydrogen-bond acceptors (Lipinski definition) is 3. The van der Waals surface area contributed by atoms with E-state index in [0.717, 1.165) is 31.2 Å². The fourth-order valence-electron chi connectivity index (χ4n) is 3.89. The maximum atomic E-state index is 12.5. The summed E-state index contributed by atoms with van der Waals surface area (Å²) in [7, 11) is 0. The molecule has 2 aromatic carbocycles. The summed E-state index contributed by atoms with van der Waals surface area (Å²) in [5, 5.41) is 11.4. The molecule has 132 valence electrons. The summed E-state index contributed by atoms with van der Waals surface area (Å²) in [6, 6.07) is 16.6. The van der Waals surface area contributed by atoms with Gasteiger partial charge in [-0.2, -0.15) is 0 Å². The van der Waals surface area contributed by atoms with Gasteiger partial charge in [-0.15, -0.1) is 0 Å². The first-order valence-electron chi connectivity index (χ1n) is 8.74. The van der Waals surface area contributed by atoms with Crippen LogP contribution >= 0.6 is 11.6 Å². The lowest BCUT2D eigenvalue weighted by Gasteiger charge is -2.45. The Morgan fingerprint density at radius 2 is 1.84 bits per heavy atom. The van der Waals surface area contributed by atoms with Crippen molar-refractivity contribution in [2.45, 2.75) is 50.2 Å². The minimum atomic E-state index is -0.568. The molecule has 1 aliphatic carbocycles. The van der Waals surface area contributed by atoms with E-state index in [1.807, 2.05) is 37.3 Å². The molecule has 0 aromatic heterocycles. The van der Waals surface area contributed by atoms with Crippen molar-refractivity contribution in [2.24, 2.45) is 0 Å². The Kier molecular flexibility index (Phi) is 5.45. The van der Waals surface area contributed by atoms with Gasteiger partial charge < -0.3 is 9.84 Å². The number of ether oxygens (including phenoxy) is 1. The maximum absolute atomic E-state index is 12.5. The van der Waals surface area contributed by atoms with Gasteiger partial charge in [0.25, 0.3) is 0 Å². The molecule has 0 radical (unpaired) electrons. The Bertz CT molecular complexity index is 714. The standard InChI is InChI=1S/C21H23ClO3/c1-15(25-20(24)16-10-12-18(22)13-11-16)21(14-6-5-9-19(21)23)17-7-3-2-4-8-17/h2-4,7-8,10-13,15,19,23H,5-6,9,14H2,1H3/t15-,19-,21-/m0/s1. The number of halogens is 1.